The fourth-order valence-electron chi connectivity index (χ4n) is 4.62. The molecule has 0 bridgehead atoms. The second kappa shape index (κ2) is 22.4. The lowest BCUT2D eigenvalue weighted by molar-refractivity contribution is -0.129. The van der Waals surface area contributed by atoms with Gasteiger partial charge in [0.2, 0.25) is 0 Å². The predicted molar refractivity (Wildman–Crippen MR) is 165 cm³/mol. The molecule has 0 saturated heterocycles. The minimum absolute atomic E-state index is 0.0899. The van der Waals surface area contributed by atoms with Gasteiger partial charge in [-0.25, -0.2) is 4.79 Å². The van der Waals surface area contributed by atoms with E-state index in [0.29, 0.717) is 30.1 Å². The van der Waals surface area contributed by atoms with Crippen LogP contribution in [0, 0.1) is 0 Å². The summed E-state index contributed by atoms with van der Waals surface area (Å²) in [6.07, 6.45) is 16.0. The molecule has 0 saturated carbocycles. The van der Waals surface area contributed by atoms with Crippen LogP contribution in [0.1, 0.15) is 155 Å². The van der Waals surface area contributed by atoms with Crippen molar-refractivity contribution in [2.24, 2.45) is 0 Å². The quantitative estimate of drug-likeness (QED) is 0.101. The molecular weight excluding hydrogens is 502 g/mol. The van der Waals surface area contributed by atoms with Crippen LogP contribution >= 0.6 is 0 Å². The maximum Gasteiger partial charge on any atom is 0.338 e. The Morgan fingerprint density at radius 1 is 0.700 bits per heavy atom. The number of esters is 1. The van der Waals surface area contributed by atoms with Gasteiger partial charge in [0, 0.05) is 12.1 Å². The monoisotopic (exact) mass is 561 g/mol. The van der Waals surface area contributed by atoms with Gasteiger partial charge in [0.1, 0.15) is 11.5 Å². The summed E-state index contributed by atoms with van der Waals surface area (Å²) >= 11 is 0. The van der Waals surface area contributed by atoms with Crippen LogP contribution in [-0.4, -0.2) is 36.7 Å². The summed E-state index contributed by atoms with van der Waals surface area (Å²) < 4.78 is 18.1. The molecule has 1 N–H and O–H groups in total. The van der Waals surface area contributed by atoms with E-state index < -0.39 is 6.10 Å². The van der Waals surface area contributed by atoms with Crippen molar-refractivity contribution in [2.75, 3.05) is 6.61 Å². The van der Waals surface area contributed by atoms with E-state index in [1.54, 1.807) is 18.2 Å². The smallest absolute Gasteiger partial charge is 0.338 e. The SMILES string of the molecule is CCCCCCCCC(C)OC(=O)c1cc(OCCCCC)cc(OC(CCCC)C(=O)NC(C)CCCC)c1. The Bertz CT molecular complexity index is 812. The zero-order valence-corrected chi connectivity index (χ0v) is 26.5. The van der Waals surface area contributed by atoms with Gasteiger partial charge in [0.25, 0.3) is 5.91 Å². The number of ether oxygens (including phenoxy) is 3. The van der Waals surface area contributed by atoms with Crippen LogP contribution in [0.15, 0.2) is 18.2 Å². The van der Waals surface area contributed by atoms with E-state index in [4.69, 9.17) is 14.2 Å². The fraction of sp³-hybridized carbons (Fsp3) is 0.765. The zero-order valence-electron chi connectivity index (χ0n) is 26.5. The maximum atomic E-state index is 13.1. The molecule has 0 fully saturated rings. The highest BCUT2D eigenvalue weighted by atomic mass is 16.5. The number of unbranched alkanes of at least 4 members (excludes halogenated alkanes) is 9. The molecule has 0 aliphatic carbocycles. The summed E-state index contributed by atoms with van der Waals surface area (Å²) in [5.41, 5.74) is 0.392. The number of carbonyl (C=O) groups is 2. The summed E-state index contributed by atoms with van der Waals surface area (Å²) in [4.78, 5) is 26.3. The molecule has 1 aromatic carbocycles. The van der Waals surface area contributed by atoms with E-state index in [2.05, 4.69) is 33.0 Å². The lowest BCUT2D eigenvalue weighted by Crippen LogP contribution is -2.42. The molecule has 0 radical (unpaired) electrons. The molecule has 0 aliphatic heterocycles. The molecule has 0 aromatic heterocycles. The van der Waals surface area contributed by atoms with E-state index in [-0.39, 0.29) is 24.0 Å². The second-order valence-electron chi connectivity index (χ2n) is 11.3. The van der Waals surface area contributed by atoms with E-state index in [0.717, 1.165) is 64.2 Å². The minimum atomic E-state index is -0.630. The third-order valence-electron chi connectivity index (χ3n) is 7.17. The van der Waals surface area contributed by atoms with Gasteiger partial charge >= 0.3 is 5.97 Å². The molecule has 0 heterocycles. The van der Waals surface area contributed by atoms with Gasteiger partial charge in [-0.15, -0.1) is 0 Å². The average Bonchev–Trinajstić information content (AvgIpc) is 2.93. The molecule has 1 aromatic rings. The normalized spacial score (nSPS) is 13.3. The first-order valence-corrected chi connectivity index (χ1v) is 16.3. The molecule has 0 aliphatic rings. The fourth-order valence-corrected chi connectivity index (χ4v) is 4.62. The number of hydrogen-bond acceptors (Lipinski definition) is 5. The number of benzene rings is 1. The van der Waals surface area contributed by atoms with Gasteiger partial charge in [-0.05, 0) is 64.5 Å². The second-order valence-corrected chi connectivity index (χ2v) is 11.3. The van der Waals surface area contributed by atoms with Crippen molar-refractivity contribution in [2.45, 2.75) is 163 Å². The van der Waals surface area contributed by atoms with Crippen LogP contribution in [-0.2, 0) is 9.53 Å². The third-order valence-corrected chi connectivity index (χ3v) is 7.17. The van der Waals surface area contributed by atoms with Crippen LogP contribution in [0.2, 0.25) is 0 Å². The van der Waals surface area contributed by atoms with E-state index >= 15 is 0 Å². The zero-order chi connectivity index (χ0) is 29.6. The Balaban J connectivity index is 2.98. The Morgan fingerprint density at radius 2 is 1.30 bits per heavy atom. The Kier molecular flexibility index (Phi) is 20.1. The van der Waals surface area contributed by atoms with Gasteiger partial charge in [0.15, 0.2) is 6.10 Å². The topological polar surface area (TPSA) is 73.9 Å². The number of nitrogens with one attached hydrogen (secondary N) is 1. The highest BCUT2D eigenvalue weighted by Crippen LogP contribution is 2.26. The Morgan fingerprint density at radius 3 is 2.00 bits per heavy atom. The number of hydrogen-bond donors (Lipinski definition) is 1. The summed E-state index contributed by atoms with van der Waals surface area (Å²) in [6, 6.07) is 5.29. The van der Waals surface area contributed by atoms with E-state index in [1.807, 2.05) is 13.8 Å². The largest absolute Gasteiger partial charge is 0.493 e. The van der Waals surface area contributed by atoms with Gasteiger partial charge in [-0.1, -0.05) is 91.9 Å². The van der Waals surface area contributed by atoms with Crippen LogP contribution in [0.3, 0.4) is 0 Å². The van der Waals surface area contributed by atoms with Crippen molar-refractivity contribution in [1.82, 2.24) is 5.32 Å². The molecule has 0 spiro atoms. The molecule has 1 amide bonds. The summed E-state index contributed by atoms with van der Waals surface area (Å²) in [5, 5.41) is 3.12. The van der Waals surface area contributed by atoms with Crippen LogP contribution in [0.4, 0.5) is 0 Å². The van der Waals surface area contributed by atoms with Crippen molar-refractivity contribution in [3.8, 4) is 11.5 Å². The molecule has 6 heteroatoms. The molecule has 3 atom stereocenters. The number of carbonyl (C=O) groups excluding carboxylic acids is 2. The highest BCUT2D eigenvalue weighted by Gasteiger charge is 2.23. The van der Waals surface area contributed by atoms with Gasteiger partial charge in [0.05, 0.1) is 18.3 Å². The number of amides is 1. The van der Waals surface area contributed by atoms with Crippen molar-refractivity contribution in [1.29, 1.82) is 0 Å². The molecule has 230 valence electrons. The first kappa shape index (κ1) is 35.8. The molecule has 40 heavy (non-hydrogen) atoms. The van der Waals surface area contributed by atoms with Crippen LogP contribution in [0.5, 0.6) is 11.5 Å². The van der Waals surface area contributed by atoms with E-state index in [1.165, 1.54) is 32.1 Å². The summed E-state index contributed by atoms with van der Waals surface area (Å²) in [6.45, 7) is 13.2. The highest BCUT2D eigenvalue weighted by molar-refractivity contribution is 5.90. The number of rotatable bonds is 24. The van der Waals surface area contributed by atoms with Gasteiger partial charge < -0.3 is 19.5 Å². The molecular formula is C34H59NO5. The Labute approximate surface area is 245 Å². The van der Waals surface area contributed by atoms with Crippen LogP contribution in [0.25, 0.3) is 0 Å². The van der Waals surface area contributed by atoms with Crippen LogP contribution < -0.4 is 14.8 Å². The van der Waals surface area contributed by atoms with Crippen molar-refractivity contribution < 1.29 is 23.8 Å². The maximum absolute atomic E-state index is 13.1. The average molecular weight is 562 g/mol. The Hall–Kier alpha value is -2.24. The van der Waals surface area contributed by atoms with Gasteiger partial charge in [-0.3, -0.25) is 4.79 Å². The minimum Gasteiger partial charge on any atom is -0.493 e. The molecule has 6 nitrogen and oxygen atoms in total. The molecule has 1 rings (SSSR count). The standard InChI is InChI=1S/C34H59NO5/c1-7-11-15-16-17-18-21-28(6)39-34(37)29-24-30(38-23-19-12-8-2)26-31(25-29)40-32(22-14-10-4)33(36)35-27(5)20-13-9-3/h24-28,32H,7-23H2,1-6H3,(H,35,36). The summed E-state index contributed by atoms with van der Waals surface area (Å²) in [5.74, 6) is 0.532. The van der Waals surface area contributed by atoms with Gasteiger partial charge in [-0.2, -0.15) is 0 Å². The third kappa shape index (κ3) is 16.1. The lowest BCUT2D eigenvalue weighted by Gasteiger charge is -2.22. The first-order valence-electron chi connectivity index (χ1n) is 16.3. The van der Waals surface area contributed by atoms with Crippen molar-refractivity contribution in [3.63, 3.8) is 0 Å². The predicted octanol–water partition coefficient (Wildman–Crippen LogP) is 9.18. The summed E-state index contributed by atoms with van der Waals surface area (Å²) in [7, 11) is 0. The van der Waals surface area contributed by atoms with E-state index in [9.17, 15) is 9.59 Å². The van der Waals surface area contributed by atoms with Crippen molar-refractivity contribution in [3.05, 3.63) is 23.8 Å². The van der Waals surface area contributed by atoms with Crippen molar-refractivity contribution >= 4 is 11.9 Å². The molecule has 3 unspecified atom stereocenters. The first-order chi connectivity index (χ1) is 19.3. The lowest BCUT2D eigenvalue weighted by atomic mass is 10.1.